The lowest BCUT2D eigenvalue weighted by Crippen LogP contribution is -3.13. The van der Waals surface area contributed by atoms with Crippen LogP contribution < -0.4 is 19.7 Å². The number of fused-ring (bicyclic) bond motifs is 1. The largest absolute Gasteiger partial charge is 0.467 e. The molecular formula is C18H22N3O3S+. The molecular weight excluding hydrogens is 338 g/mol. The Morgan fingerprint density at radius 3 is 2.80 bits per heavy atom. The van der Waals surface area contributed by atoms with E-state index in [-0.39, 0.29) is 0 Å². The summed E-state index contributed by atoms with van der Waals surface area (Å²) in [6.07, 6.45) is 1.68. The van der Waals surface area contributed by atoms with Crippen LogP contribution in [-0.2, 0) is 13.1 Å². The number of quaternary nitrogens is 1. The van der Waals surface area contributed by atoms with Gasteiger partial charge in [0.1, 0.15) is 12.3 Å². The van der Waals surface area contributed by atoms with Gasteiger partial charge >= 0.3 is 0 Å². The molecule has 2 aliphatic rings. The van der Waals surface area contributed by atoms with Crippen molar-refractivity contribution in [1.82, 2.24) is 10.2 Å². The summed E-state index contributed by atoms with van der Waals surface area (Å²) in [6.45, 7) is 6.02. The van der Waals surface area contributed by atoms with Gasteiger partial charge in [0.2, 0.25) is 6.79 Å². The van der Waals surface area contributed by atoms with Crippen molar-refractivity contribution in [2.45, 2.75) is 13.1 Å². The molecule has 6 nitrogen and oxygen atoms in total. The van der Waals surface area contributed by atoms with Gasteiger partial charge in [0.15, 0.2) is 16.6 Å². The Bertz CT molecular complexity index is 727. The first-order valence-electron chi connectivity index (χ1n) is 8.55. The number of nitrogens with zero attached hydrogens (tertiary/aromatic N) is 1. The lowest BCUT2D eigenvalue weighted by Gasteiger charge is -2.33. The zero-order valence-corrected chi connectivity index (χ0v) is 14.8. The number of piperazine rings is 1. The second-order valence-corrected chi connectivity index (χ2v) is 6.73. The van der Waals surface area contributed by atoms with Gasteiger partial charge in [-0.15, -0.1) is 0 Å². The molecule has 2 aliphatic heterocycles. The number of hydrogen-bond donors (Lipinski definition) is 2. The molecule has 25 heavy (non-hydrogen) atoms. The molecule has 1 saturated heterocycles. The minimum atomic E-state index is 0.326. The standard InChI is InChI=1S/C18H21N3O3S/c25-18(19-11-15-2-1-9-22-15)21-7-5-20(6-8-21)12-14-3-4-16-17(10-14)24-13-23-16/h1-4,9-10H,5-8,11-13H2,(H,19,25)/p+1. The van der Waals surface area contributed by atoms with Crippen molar-refractivity contribution < 1.29 is 18.8 Å². The molecule has 0 spiro atoms. The lowest BCUT2D eigenvalue weighted by atomic mass is 10.1. The maximum Gasteiger partial charge on any atom is 0.231 e. The number of thiocarbonyl (C=S) groups is 1. The Morgan fingerprint density at radius 2 is 2.00 bits per heavy atom. The van der Waals surface area contributed by atoms with Crippen molar-refractivity contribution in [3.05, 3.63) is 47.9 Å². The van der Waals surface area contributed by atoms with Gasteiger partial charge in [-0.1, -0.05) is 0 Å². The third kappa shape index (κ3) is 3.88. The maximum atomic E-state index is 5.50. The van der Waals surface area contributed by atoms with Crippen LogP contribution in [-0.4, -0.2) is 43.0 Å². The smallest absolute Gasteiger partial charge is 0.231 e. The van der Waals surface area contributed by atoms with Crippen LogP contribution in [0.1, 0.15) is 11.3 Å². The fourth-order valence-electron chi connectivity index (χ4n) is 3.23. The van der Waals surface area contributed by atoms with E-state index in [4.69, 9.17) is 26.1 Å². The number of benzene rings is 1. The molecule has 0 aliphatic carbocycles. The van der Waals surface area contributed by atoms with E-state index < -0.39 is 0 Å². The Balaban J connectivity index is 1.24. The summed E-state index contributed by atoms with van der Waals surface area (Å²) in [5.41, 5.74) is 1.28. The minimum absolute atomic E-state index is 0.326. The monoisotopic (exact) mass is 360 g/mol. The number of nitrogens with one attached hydrogen (secondary N) is 2. The lowest BCUT2D eigenvalue weighted by molar-refractivity contribution is -0.917. The van der Waals surface area contributed by atoms with Gasteiger partial charge in [-0.3, -0.25) is 0 Å². The van der Waals surface area contributed by atoms with Crippen LogP contribution in [0.5, 0.6) is 11.5 Å². The summed E-state index contributed by atoms with van der Waals surface area (Å²) in [5, 5.41) is 4.08. The third-order valence-electron chi connectivity index (χ3n) is 4.64. The molecule has 2 N–H and O–H groups in total. The summed E-state index contributed by atoms with van der Waals surface area (Å²) in [5.74, 6) is 2.60. The molecule has 0 bridgehead atoms. The highest BCUT2D eigenvalue weighted by Crippen LogP contribution is 2.32. The SMILES string of the molecule is S=C(NCc1ccco1)N1CC[NH+](Cc2ccc3c(c2)OCO3)CC1. The zero-order valence-electron chi connectivity index (χ0n) is 14.0. The van der Waals surface area contributed by atoms with Gasteiger partial charge in [0.05, 0.1) is 39.0 Å². The third-order valence-corrected chi connectivity index (χ3v) is 5.05. The quantitative estimate of drug-likeness (QED) is 0.786. The zero-order chi connectivity index (χ0) is 17.1. The van der Waals surface area contributed by atoms with Crippen molar-refractivity contribution in [2.24, 2.45) is 0 Å². The highest BCUT2D eigenvalue weighted by Gasteiger charge is 2.23. The van der Waals surface area contributed by atoms with E-state index in [1.54, 1.807) is 11.2 Å². The van der Waals surface area contributed by atoms with Gasteiger partial charge in [0, 0.05) is 5.56 Å². The topological polar surface area (TPSA) is 51.3 Å². The molecule has 132 valence electrons. The Kier molecular flexibility index (Phi) is 4.76. The fraction of sp³-hybridized carbons (Fsp3) is 0.389. The fourth-order valence-corrected chi connectivity index (χ4v) is 3.48. The highest BCUT2D eigenvalue weighted by molar-refractivity contribution is 7.80. The molecule has 1 aromatic heterocycles. The summed E-state index contributed by atoms with van der Waals surface area (Å²) in [4.78, 5) is 3.80. The summed E-state index contributed by atoms with van der Waals surface area (Å²) in [7, 11) is 0. The number of ether oxygens (including phenoxy) is 2. The molecule has 1 fully saturated rings. The van der Waals surface area contributed by atoms with Crippen LogP contribution in [0.25, 0.3) is 0 Å². The predicted molar refractivity (Wildman–Crippen MR) is 96.7 cm³/mol. The van der Waals surface area contributed by atoms with Crippen LogP contribution >= 0.6 is 12.2 Å². The maximum absolute atomic E-state index is 5.50. The highest BCUT2D eigenvalue weighted by atomic mass is 32.1. The van der Waals surface area contributed by atoms with Gasteiger partial charge in [0.25, 0.3) is 0 Å². The van der Waals surface area contributed by atoms with Crippen molar-refractivity contribution in [3.8, 4) is 11.5 Å². The van der Waals surface area contributed by atoms with E-state index in [2.05, 4.69) is 22.3 Å². The normalized spacial score (nSPS) is 16.9. The van der Waals surface area contributed by atoms with Crippen LogP contribution in [0.4, 0.5) is 0 Å². The molecule has 4 rings (SSSR count). The number of hydrogen-bond acceptors (Lipinski definition) is 4. The molecule has 7 heteroatoms. The second-order valence-electron chi connectivity index (χ2n) is 6.34. The molecule has 2 aromatic rings. The number of rotatable bonds is 4. The van der Waals surface area contributed by atoms with Crippen LogP contribution in [0, 0.1) is 0 Å². The Morgan fingerprint density at radius 1 is 1.16 bits per heavy atom. The molecule has 0 unspecified atom stereocenters. The summed E-state index contributed by atoms with van der Waals surface area (Å²) >= 11 is 5.50. The molecule has 0 saturated carbocycles. The summed E-state index contributed by atoms with van der Waals surface area (Å²) < 4.78 is 16.2. The minimum Gasteiger partial charge on any atom is -0.467 e. The van der Waals surface area contributed by atoms with Gasteiger partial charge in [-0.25, -0.2) is 0 Å². The first-order valence-corrected chi connectivity index (χ1v) is 8.96. The molecule has 3 heterocycles. The Hall–Kier alpha value is -2.25. The van der Waals surface area contributed by atoms with Crippen LogP contribution in [0.2, 0.25) is 0 Å². The Labute approximate surface area is 152 Å². The van der Waals surface area contributed by atoms with Gasteiger partial charge < -0.3 is 29.0 Å². The first kappa shape index (κ1) is 16.2. The van der Waals surface area contributed by atoms with Crippen molar-refractivity contribution in [2.75, 3.05) is 33.0 Å². The first-order chi connectivity index (χ1) is 12.3. The molecule has 0 radical (unpaired) electrons. The van der Waals surface area contributed by atoms with Crippen molar-refractivity contribution in [1.29, 1.82) is 0 Å². The molecule has 0 atom stereocenters. The van der Waals surface area contributed by atoms with Gasteiger partial charge in [-0.2, -0.15) is 0 Å². The van der Waals surface area contributed by atoms with E-state index in [1.807, 2.05) is 18.2 Å². The molecule has 1 aromatic carbocycles. The van der Waals surface area contributed by atoms with E-state index in [0.29, 0.717) is 13.3 Å². The average Bonchev–Trinajstić information content (AvgIpc) is 3.31. The second kappa shape index (κ2) is 7.33. The number of furan rings is 1. The van der Waals surface area contributed by atoms with E-state index in [0.717, 1.165) is 55.1 Å². The van der Waals surface area contributed by atoms with Crippen molar-refractivity contribution >= 4 is 17.3 Å². The predicted octanol–water partition coefficient (Wildman–Crippen LogP) is 0.784. The van der Waals surface area contributed by atoms with Gasteiger partial charge in [-0.05, 0) is 42.5 Å². The van der Waals surface area contributed by atoms with Crippen LogP contribution in [0.3, 0.4) is 0 Å². The van der Waals surface area contributed by atoms with E-state index in [1.165, 1.54) is 5.56 Å². The van der Waals surface area contributed by atoms with E-state index in [9.17, 15) is 0 Å². The molecule has 0 amide bonds. The van der Waals surface area contributed by atoms with Crippen LogP contribution in [0.15, 0.2) is 41.0 Å². The summed E-state index contributed by atoms with van der Waals surface area (Å²) in [6, 6.07) is 10.1. The average molecular weight is 360 g/mol. The van der Waals surface area contributed by atoms with Crippen molar-refractivity contribution in [3.63, 3.8) is 0 Å². The van der Waals surface area contributed by atoms with E-state index >= 15 is 0 Å².